The van der Waals surface area contributed by atoms with Crippen LogP contribution in [0.15, 0.2) is 51.8 Å². The summed E-state index contributed by atoms with van der Waals surface area (Å²) in [6.45, 7) is 2.10. The highest BCUT2D eigenvalue weighted by molar-refractivity contribution is 9.10. The van der Waals surface area contributed by atoms with E-state index in [4.69, 9.17) is 28.9 Å². The highest BCUT2D eigenvalue weighted by Gasteiger charge is 2.20. The first-order chi connectivity index (χ1) is 10.0. The molecule has 0 amide bonds. The average molecular weight is 405 g/mol. The Kier molecular flexibility index (Phi) is 6.45. The van der Waals surface area contributed by atoms with Gasteiger partial charge in [0.15, 0.2) is 0 Å². The molecule has 2 N–H and O–H groups in total. The monoisotopic (exact) mass is 403 g/mol. The van der Waals surface area contributed by atoms with Crippen LogP contribution >= 0.6 is 50.9 Å². The maximum absolute atomic E-state index is 6.32. The first kappa shape index (κ1) is 17.2. The zero-order valence-corrected chi connectivity index (χ0v) is 15.4. The van der Waals surface area contributed by atoms with Crippen molar-refractivity contribution in [3.63, 3.8) is 0 Å². The highest BCUT2D eigenvalue weighted by atomic mass is 79.9. The summed E-state index contributed by atoms with van der Waals surface area (Å²) in [5.41, 5.74) is 7.52. The Labute approximate surface area is 148 Å². The molecule has 2 aromatic rings. The standard InChI is InChI=1S/C16H16BrCl2NS/c1-2-15(20)16(10-4-3-5-11(17)8-10)21-12-6-7-13(18)14(19)9-12/h3-9,15-16H,2,20H2,1H3. The van der Waals surface area contributed by atoms with E-state index in [0.717, 1.165) is 15.8 Å². The molecule has 0 aliphatic carbocycles. The van der Waals surface area contributed by atoms with Crippen LogP contribution in [0.3, 0.4) is 0 Å². The molecule has 1 nitrogen and oxygen atoms in total. The van der Waals surface area contributed by atoms with Gasteiger partial charge in [0.25, 0.3) is 0 Å². The molecule has 5 heteroatoms. The summed E-state index contributed by atoms with van der Waals surface area (Å²) in [7, 11) is 0. The molecule has 0 radical (unpaired) electrons. The van der Waals surface area contributed by atoms with E-state index in [-0.39, 0.29) is 11.3 Å². The van der Waals surface area contributed by atoms with Crippen molar-refractivity contribution in [3.8, 4) is 0 Å². The molecule has 0 fully saturated rings. The van der Waals surface area contributed by atoms with Gasteiger partial charge in [0.2, 0.25) is 0 Å². The van der Waals surface area contributed by atoms with Crippen LogP contribution in [-0.2, 0) is 0 Å². The Hall–Kier alpha value is -0.190. The molecule has 2 atom stereocenters. The smallest absolute Gasteiger partial charge is 0.0603 e. The van der Waals surface area contributed by atoms with Crippen molar-refractivity contribution in [2.75, 3.05) is 0 Å². The Morgan fingerprint density at radius 2 is 1.90 bits per heavy atom. The van der Waals surface area contributed by atoms with Gasteiger partial charge in [-0.25, -0.2) is 0 Å². The molecule has 21 heavy (non-hydrogen) atoms. The number of rotatable bonds is 5. The van der Waals surface area contributed by atoms with E-state index in [9.17, 15) is 0 Å². The van der Waals surface area contributed by atoms with Crippen LogP contribution in [0.1, 0.15) is 24.2 Å². The first-order valence-corrected chi connectivity index (χ1v) is 9.07. The van der Waals surface area contributed by atoms with Crippen LogP contribution < -0.4 is 5.73 Å². The molecule has 0 aromatic heterocycles. The Bertz CT molecular complexity index is 621. The molecule has 112 valence electrons. The van der Waals surface area contributed by atoms with E-state index in [1.165, 1.54) is 5.56 Å². The average Bonchev–Trinajstić information content (AvgIpc) is 2.47. The molecule has 0 aliphatic rings. The second-order valence-corrected chi connectivity index (χ2v) is 7.69. The molecule has 0 aliphatic heterocycles. The minimum Gasteiger partial charge on any atom is -0.326 e. The summed E-state index contributed by atoms with van der Waals surface area (Å²) in [5, 5.41) is 1.31. The van der Waals surface area contributed by atoms with Gasteiger partial charge in [-0.05, 0) is 42.3 Å². The second-order valence-electron chi connectivity index (χ2n) is 4.74. The maximum Gasteiger partial charge on any atom is 0.0603 e. The number of hydrogen-bond donors (Lipinski definition) is 1. The van der Waals surface area contributed by atoms with Gasteiger partial charge in [-0.3, -0.25) is 0 Å². The van der Waals surface area contributed by atoms with Gasteiger partial charge in [0.05, 0.1) is 10.0 Å². The molecule has 0 heterocycles. The lowest BCUT2D eigenvalue weighted by Gasteiger charge is -2.23. The lowest BCUT2D eigenvalue weighted by Crippen LogP contribution is -2.25. The summed E-state index contributed by atoms with van der Waals surface area (Å²) in [4.78, 5) is 1.07. The molecule has 2 rings (SSSR count). The number of benzene rings is 2. The van der Waals surface area contributed by atoms with Crippen molar-refractivity contribution in [1.29, 1.82) is 0 Å². The van der Waals surface area contributed by atoms with Gasteiger partial charge in [0.1, 0.15) is 0 Å². The van der Waals surface area contributed by atoms with E-state index < -0.39 is 0 Å². The highest BCUT2D eigenvalue weighted by Crippen LogP contribution is 2.40. The predicted octanol–water partition coefficient (Wildman–Crippen LogP) is 6.33. The Morgan fingerprint density at radius 3 is 2.52 bits per heavy atom. The summed E-state index contributed by atoms with van der Waals surface area (Å²) in [6.07, 6.45) is 0.908. The number of hydrogen-bond acceptors (Lipinski definition) is 2. The quantitative estimate of drug-likeness (QED) is 0.589. The third kappa shape index (κ3) is 4.64. The van der Waals surface area contributed by atoms with Gasteiger partial charge < -0.3 is 5.73 Å². The molecule has 0 spiro atoms. The fourth-order valence-corrected chi connectivity index (χ4v) is 4.05. The van der Waals surface area contributed by atoms with E-state index in [1.807, 2.05) is 30.3 Å². The minimum absolute atomic E-state index is 0.0683. The van der Waals surface area contributed by atoms with E-state index in [1.54, 1.807) is 11.8 Å². The van der Waals surface area contributed by atoms with Crippen molar-refractivity contribution < 1.29 is 0 Å². The Morgan fingerprint density at radius 1 is 1.14 bits per heavy atom. The van der Waals surface area contributed by atoms with Crippen molar-refractivity contribution in [2.24, 2.45) is 5.73 Å². The molecule has 0 bridgehead atoms. The number of thioether (sulfide) groups is 1. The fraction of sp³-hybridized carbons (Fsp3) is 0.250. The van der Waals surface area contributed by atoms with E-state index in [0.29, 0.717) is 10.0 Å². The zero-order valence-electron chi connectivity index (χ0n) is 11.5. The minimum atomic E-state index is 0.0683. The predicted molar refractivity (Wildman–Crippen MR) is 97.5 cm³/mol. The topological polar surface area (TPSA) is 26.0 Å². The molecule has 0 saturated heterocycles. The van der Waals surface area contributed by atoms with Crippen LogP contribution in [0.4, 0.5) is 0 Å². The van der Waals surface area contributed by atoms with Crippen LogP contribution in [0, 0.1) is 0 Å². The van der Waals surface area contributed by atoms with Crippen LogP contribution in [0.2, 0.25) is 10.0 Å². The summed E-state index contributed by atoms with van der Waals surface area (Å²) in [5.74, 6) is 0. The van der Waals surface area contributed by atoms with Crippen molar-refractivity contribution in [1.82, 2.24) is 0 Å². The van der Waals surface area contributed by atoms with E-state index in [2.05, 4.69) is 35.0 Å². The van der Waals surface area contributed by atoms with Gasteiger partial charge in [-0.1, -0.05) is 58.2 Å². The zero-order chi connectivity index (χ0) is 15.4. The molecule has 2 unspecified atom stereocenters. The molecule has 0 saturated carbocycles. The van der Waals surface area contributed by atoms with Crippen molar-refractivity contribution >= 4 is 50.9 Å². The molecular formula is C16H16BrCl2NS. The first-order valence-electron chi connectivity index (χ1n) is 6.64. The molecule has 2 aromatic carbocycles. The summed E-state index contributed by atoms with van der Waals surface area (Å²) >= 11 is 17.3. The largest absolute Gasteiger partial charge is 0.326 e. The van der Waals surface area contributed by atoms with Crippen LogP contribution in [-0.4, -0.2) is 6.04 Å². The number of halogens is 3. The van der Waals surface area contributed by atoms with Gasteiger partial charge in [0, 0.05) is 20.7 Å². The fourth-order valence-electron chi connectivity index (χ4n) is 2.00. The van der Waals surface area contributed by atoms with Gasteiger partial charge >= 0.3 is 0 Å². The third-order valence-corrected chi connectivity index (χ3v) is 5.83. The van der Waals surface area contributed by atoms with Gasteiger partial charge in [-0.2, -0.15) is 0 Å². The summed E-state index contributed by atoms with van der Waals surface area (Å²) < 4.78 is 1.06. The van der Waals surface area contributed by atoms with Crippen molar-refractivity contribution in [3.05, 3.63) is 62.5 Å². The lowest BCUT2D eigenvalue weighted by atomic mass is 10.0. The number of nitrogens with two attached hydrogens (primary N) is 1. The van der Waals surface area contributed by atoms with Crippen LogP contribution in [0.5, 0.6) is 0 Å². The normalized spacial score (nSPS) is 14.0. The molecular weight excluding hydrogens is 389 g/mol. The van der Waals surface area contributed by atoms with Gasteiger partial charge in [-0.15, -0.1) is 11.8 Å². The third-order valence-electron chi connectivity index (χ3n) is 3.19. The SMILES string of the molecule is CCC(N)C(Sc1ccc(Cl)c(Cl)c1)c1cccc(Br)c1. The summed E-state index contributed by atoms with van der Waals surface area (Å²) in [6, 6.07) is 14.0. The lowest BCUT2D eigenvalue weighted by molar-refractivity contribution is 0.634. The van der Waals surface area contributed by atoms with E-state index >= 15 is 0 Å². The van der Waals surface area contributed by atoms with Crippen LogP contribution in [0.25, 0.3) is 0 Å². The Balaban J connectivity index is 2.30. The maximum atomic E-state index is 6.32. The second kappa shape index (κ2) is 7.89. The van der Waals surface area contributed by atoms with Crippen molar-refractivity contribution in [2.45, 2.75) is 29.5 Å².